The smallest absolute Gasteiger partial charge is 0.189 e. The van der Waals surface area contributed by atoms with Crippen molar-refractivity contribution in [1.82, 2.24) is 9.97 Å². The zero-order chi connectivity index (χ0) is 12.5. The minimum atomic E-state index is 0.914. The van der Waals surface area contributed by atoms with E-state index in [9.17, 15) is 0 Å². The maximum atomic E-state index is 4.71. The summed E-state index contributed by atoms with van der Waals surface area (Å²) in [6, 6.07) is 0. The van der Waals surface area contributed by atoms with Crippen LogP contribution in [-0.4, -0.2) is 22.0 Å². The van der Waals surface area contributed by atoms with Crippen LogP contribution >= 0.6 is 34.9 Å². The number of aryl methyl sites for hydroxylation is 2. The van der Waals surface area contributed by atoms with E-state index in [2.05, 4.69) is 13.2 Å². The molecule has 0 aliphatic heterocycles. The van der Waals surface area contributed by atoms with Gasteiger partial charge in [0.1, 0.15) is 9.86 Å². The molecule has 18 heavy (non-hydrogen) atoms. The van der Waals surface area contributed by atoms with Crippen molar-refractivity contribution in [2.45, 2.75) is 42.8 Å². The van der Waals surface area contributed by atoms with Gasteiger partial charge in [-0.3, -0.25) is 0 Å². The van der Waals surface area contributed by atoms with Crippen molar-refractivity contribution in [3.05, 3.63) is 10.4 Å². The molecule has 0 spiro atoms. The standard InChI is InChI=1S/C13H16N2S3/c1-3-17-11-10-8-6-4-5-7-9(8)18-12(10)15-13(14-11)16-2/h3-7H2,1-2H3. The molecule has 96 valence electrons. The van der Waals surface area contributed by atoms with Crippen LogP contribution in [0, 0.1) is 0 Å². The molecule has 3 rings (SSSR count). The molecule has 5 heteroatoms. The molecule has 2 aromatic heterocycles. The van der Waals surface area contributed by atoms with E-state index in [1.165, 1.54) is 40.9 Å². The third-order valence-corrected chi connectivity index (χ3v) is 5.82. The molecule has 2 nitrogen and oxygen atoms in total. The maximum absolute atomic E-state index is 4.71. The fourth-order valence-electron chi connectivity index (χ4n) is 2.44. The molecule has 0 N–H and O–H groups in total. The minimum Gasteiger partial charge on any atom is -0.215 e. The van der Waals surface area contributed by atoms with Crippen LogP contribution in [0.1, 0.15) is 30.2 Å². The van der Waals surface area contributed by atoms with Gasteiger partial charge in [-0.25, -0.2) is 9.97 Å². The number of thiophene rings is 1. The summed E-state index contributed by atoms with van der Waals surface area (Å²) in [5.74, 6) is 1.07. The molecule has 0 unspecified atom stereocenters. The number of thioether (sulfide) groups is 2. The van der Waals surface area contributed by atoms with Crippen LogP contribution in [0.2, 0.25) is 0 Å². The molecule has 0 bridgehead atoms. The van der Waals surface area contributed by atoms with Crippen molar-refractivity contribution >= 4 is 45.1 Å². The Kier molecular flexibility index (Phi) is 3.82. The van der Waals surface area contributed by atoms with Crippen molar-refractivity contribution in [3.63, 3.8) is 0 Å². The summed E-state index contributed by atoms with van der Waals surface area (Å²) in [6.07, 6.45) is 7.16. The second-order valence-corrected chi connectivity index (χ2v) is 7.45. The van der Waals surface area contributed by atoms with Crippen LogP contribution in [0.4, 0.5) is 0 Å². The molecular weight excluding hydrogens is 280 g/mol. The lowest BCUT2D eigenvalue weighted by Crippen LogP contribution is -1.99. The molecule has 0 saturated carbocycles. The van der Waals surface area contributed by atoms with Crippen molar-refractivity contribution in [2.75, 3.05) is 12.0 Å². The number of hydrogen-bond donors (Lipinski definition) is 0. The monoisotopic (exact) mass is 296 g/mol. The number of nitrogens with zero attached hydrogens (tertiary/aromatic N) is 2. The largest absolute Gasteiger partial charge is 0.215 e. The summed E-state index contributed by atoms with van der Waals surface area (Å²) < 4.78 is 0. The lowest BCUT2D eigenvalue weighted by Gasteiger charge is -2.11. The molecule has 1 aliphatic rings. The summed E-state index contributed by atoms with van der Waals surface area (Å²) >= 11 is 5.39. The Labute approximate surface area is 120 Å². The quantitative estimate of drug-likeness (QED) is 0.476. The molecule has 1 aliphatic carbocycles. The third-order valence-electron chi connectivity index (χ3n) is 3.22. The van der Waals surface area contributed by atoms with Gasteiger partial charge in [0.05, 0.1) is 0 Å². The third kappa shape index (κ3) is 2.17. The SMILES string of the molecule is CCSc1nc(SC)nc2sc3c(c12)CCCC3. The fourth-order valence-corrected chi connectivity index (χ4v) is 5.03. The van der Waals surface area contributed by atoms with E-state index in [1.807, 2.05) is 23.1 Å². The summed E-state index contributed by atoms with van der Waals surface area (Å²) in [6.45, 7) is 2.19. The van der Waals surface area contributed by atoms with Crippen LogP contribution in [0.5, 0.6) is 0 Å². The molecule has 0 radical (unpaired) electrons. The van der Waals surface area contributed by atoms with Gasteiger partial charge in [-0.1, -0.05) is 18.7 Å². The topological polar surface area (TPSA) is 25.8 Å². The molecule has 2 aromatic rings. The Hall–Kier alpha value is -0.260. The zero-order valence-corrected chi connectivity index (χ0v) is 13.1. The van der Waals surface area contributed by atoms with E-state index in [0.29, 0.717) is 0 Å². The summed E-state index contributed by atoms with van der Waals surface area (Å²) in [7, 11) is 0. The Bertz CT molecular complexity index is 577. The second kappa shape index (κ2) is 5.39. The molecule has 0 atom stereocenters. The van der Waals surface area contributed by atoms with Gasteiger partial charge in [-0.05, 0) is 43.3 Å². The fraction of sp³-hybridized carbons (Fsp3) is 0.538. The van der Waals surface area contributed by atoms with Gasteiger partial charge in [-0.2, -0.15) is 0 Å². The lowest BCUT2D eigenvalue weighted by atomic mass is 9.97. The first kappa shape index (κ1) is 12.8. The second-order valence-electron chi connectivity index (χ2n) is 4.34. The first-order valence-corrected chi connectivity index (χ1v) is 9.35. The Morgan fingerprint density at radius 1 is 1.22 bits per heavy atom. The normalized spacial score (nSPS) is 15.0. The number of hydrogen-bond acceptors (Lipinski definition) is 5. The van der Waals surface area contributed by atoms with E-state index in [4.69, 9.17) is 9.97 Å². The average Bonchev–Trinajstić information content (AvgIpc) is 2.77. The molecule has 0 amide bonds. The summed E-state index contributed by atoms with van der Waals surface area (Å²) in [5.41, 5.74) is 1.55. The van der Waals surface area contributed by atoms with Gasteiger partial charge < -0.3 is 0 Å². The van der Waals surface area contributed by atoms with E-state index < -0.39 is 0 Å². The van der Waals surface area contributed by atoms with Gasteiger partial charge >= 0.3 is 0 Å². The van der Waals surface area contributed by atoms with Crippen LogP contribution in [-0.2, 0) is 12.8 Å². The van der Waals surface area contributed by atoms with Gasteiger partial charge in [0.15, 0.2) is 5.16 Å². The van der Waals surface area contributed by atoms with E-state index in [0.717, 1.165) is 10.9 Å². The van der Waals surface area contributed by atoms with Crippen molar-refractivity contribution in [3.8, 4) is 0 Å². The Balaban J connectivity index is 2.24. The van der Waals surface area contributed by atoms with Crippen molar-refractivity contribution < 1.29 is 0 Å². The van der Waals surface area contributed by atoms with Crippen LogP contribution in [0.25, 0.3) is 10.2 Å². The highest BCUT2D eigenvalue weighted by Crippen LogP contribution is 2.40. The highest BCUT2D eigenvalue weighted by molar-refractivity contribution is 7.99. The van der Waals surface area contributed by atoms with E-state index in [1.54, 1.807) is 22.2 Å². The van der Waals surface area contributed by atoms with Crippen molar-refractivity contribution in [1.29, 1.82) is 0 Å². The molecule has 2 heterocycles. The van der Waals surface area contributed by atoms with Crippen molar-refractivity contribution in [2.24, 2.45) is 0 Å². The summed E-state index contributed by atoms with van der Waals surface area (Å²) in [4.78, 5) is 12.2. The van der Waals surface area contributed by atoms with Crippen LogP contribution in [0.3, 0.4) is 0 Å². The molecule has 0 fully saturated rings. The van der Waals surface area contributed by atoms with E-state index >= 15 is 0 Å². The minimum absolute atomic E-state index is 0.914. The van der Waals surface area contributed by atoms with Gasteiger partial charge in [0, 0.05) is 10.3 Å². The van der Waals surface area contributed by atoms with Gasteiger partial charge in [-0.15, -0.1) is 23.1 Å². The molecular formula is C13H16N2S3. The maximum Gasteiger partial charge on any atom is 0.189 e. The van der Waals surface area contributed by atoms with Crippen LogP contribution < -0.4 is 0 Å². The summed E-state index contributed by atoms with van der Waals surface area (Å²) in [5, 5.41) is 3.47. The van der Waals surface area contributed by atoms with E-state index in [-0.39, 0.29) is 0 Å². The zero-order valence-electron chi connectivity index (χ0n) is 10.7. The predicted molar refractivity (Wildman–Crippen MR) is 82.2 cm³/mol. The predicted octanol–water partition coefficient (Wildman–Crippen LogP) is 4.40. The number of rotatable bonds is 3. The van der Waals surface area contributed by atoms with Gasteiger partial charge in [0.2, 0.25) is 0 Å². The highest BCUT2D eigenvalue weighted by atomic mass is 32.2. The lowest BCUT2D eigenvalue weighted by molar-refractivity contribution is 0.699. The number of aromatic nitrogens is 2. The average molecular weight is 296 g/mol. The first-order valence-electron chi connectivity index (χ1n) is 6.32. The van der Waals surface area contributed by atoms with Crippen LogP contribution in [0.15, 0.2) is 10.2 Å². The highest BCUT2D eigenvalue weighted by Gasteiger charge is 2.20. The molecule has 0 saturated heterocycles. The van der Waals surface area contributed by atoms with Gasteiger partial charge in [0.25, 0.3) is 0 Å². The molecule has 0 aromatic carbocycles. The Morgan fingerprint density at radius 3 is 2.83 bits per heavy atom. The first-order chi connectivity index (χ1) is 8.83. The number of fused-ring (bicyclic) bond motifs is 3. The Morgan fingerprint density at radius 2 is 2.06 bits per heavy atom.